The van der Waals surface area contributed by atoms with Crippen molar-refractivity contribution in [2.45, 2.75) is 194 Å². The van der Waals surface area contributed by atoms with Gasteiger partial charge in [0.15, 0.2) is 0 Å². The summed E-state index contributed by atoms with van der Waals surface area (Å²) >= 11 is 15.5. The number of carbonyl (C=O) groups is 4. The monoisotopic (exact) mass is 1120 g/mol. The normalized spacial score (nSPS) is 14.2. The maximum absolute atomic E-state index is 15.0. The topological polar surface area (TPSA) is 74.8 Å². The first-order valence-corrected chi connectivity index (χ1v) is 27.9. The predicted octanol–water partition coefficient (Wildman–Crippen LogP) is 18.2. The van der Waals surface area contributed by atoms with Crippen LogP contribution in [0.15, 0.2) is 42.2 Å². The van der Waals surface area contributed by atoms with Gasteiger partial charge in [-0.1, -0.05) is 156 Å². The molecule has 0 atom stereocenters. The number of unbranched alkanes of at least 4 members (excludes halogenated alkanes) is 16. The molecule has 2 aliphatic rings. The smallest absolute Gasteiger partial charge is 0.262 e. The minimum Gasteiger partial charge on any atom is -0.271 e. The summed E-state index contributed by atoms with van der Waals surface area (Å²) in [5, 5.41) is 6.41. The highest BCUT2D eigenvalue weighted by atomic mass is 79.9. The average Bonchev–Trinajstić information content (AvgIpc) is 3.26. The molecule has 64 heavy (non-hydrogen) atoms. The maximum atomic E-state index is 15.0. The van der Waals surface area contributed by atoms with E-state index in [-0.39, 0.29) is 35.7 Å². The molecule has 0 fully saturated rings. The van der Waals surface area contributed by atoms with Gasteiger partial charge in [0.05, 0.1) is 22.3 Å². The lowest BCUT2D eigenvalue weighted by Crippen LogP contribution is -2.47. The number of fused-ring (bicyclic) bond motifs is 2. The average molecular weight is 1130 g/mol. The first kappa shape index (κ1) is 49.5. The van der Waals surface area contributed by atoms with Gasteiger partial charge in [0, 0.05) is 40.7 Å². The molecule has 2 heterocycles. The number of rotatable bonds is 26. The zero-order valence-corrected chi connectivity index (χ0v) is 44.8. The zero-order valence-electron chi connectivity index (χ0n) is 38.5. The van der Waals surface area contributed by atoms with E-state index < -0.39 is 0 Å². The molecule has 4 amide bonds. The molecule has 0 aromatic heterocycles. The van der Waals surface area contributed by atoms with E-state index in [1.807, 2.05) is 24.3 Å². The van der Waals surface area contributed by atoms with Crippen LogP contribution in [0.1, 0.15) is 223 Å². The predicted molar refractivity (Wildman–Crippen MR) is 281 cm³/mol. The Kier molecular flexibility index (Phi) is 17.5. The lowest BCUT2D eigenvalue weighted by atomic mass is 9.81. The quantitative estimate of drug-likeness (QED) is 0.0239. The molecule has 0 bridgehead atoms. The Morgan fingerprint density at radius 2 is 0.562 bits per heavy atom. The van der Waals surface area contributed by atoms with Gasteiger partial charge in [0.25, 0.3) is 23.6 Å². The first-order valence-electron chi connectivity index (χ1n) is 24.8. The Morgan fingerprint density at radius 3 is 0.781 bits per heavy atom. The number of imide groups is 2. The Hall–Kier alpha value is -2.40. The number of halogens is 4. The van der Waals surface area contributed by atoms with E-state index in [1.165, 1.54) is 51.4 Å². The molecule has 5 aromatic rings. The molecule has 0 saturated heterocycles. The van der Waals surface area contributed by atoms with E-state index in [9.17, 15) is 0 Å². The van der Waals surface area contributed by atoms with Crippen LogP contribution in [0.25, 0.3) is 43.1 Å². The van der Waals surface area contributed by atoms with Gasteiger partial charge in [-0.3, -0.25) is 29.0 Å². The summed E-state index contributed by atoms with van der Waals surface area (Å²) in [5.41, 5.74) is 2.06. The summed E-state index contributed by atoms with van der Waals surface area (Å²) in [6.07, 6.45) is 25.6. The number of hydrogen-bond acceptors (Lipinski definition) is 4. The second-order valence-electron chi connectivity index (χ2n) is 18.7. The molecule has 10 heteroatoms. The van der Waals surface area contributed by atoms with Gasteiger partial charge in [0.1, 0.15) is 0 Å². The summed E-state index contributed by atoms with van der Waals surface area (Å²) in [6.45, 7) is 8.87. The van der Waals surface area contributed by atoms with Crippen LogP contribution >= 0.6 is 63.7 Å². The third-order valence-electron chi connectivity index (χ3n) is 14.2. The van der Waals surface area contributed by atoms with E-state index in [2.05, 4.69) is 91.4 Å². The number of carbonyl (C=O) groups excluding carboxylic acids is 4. The number of nitrogens with zero attached hydrogens (tertiary/aromatic N) is 2. The van der Waals surface area contributed by atoms with Crippen molar-refractivity contribution in [1.29, 1.82) is 0 Å². The maximum Gasteiger partial charge on any atom is 0.262 e. The Balaban J connectivity index is 1.35. The lowest BCUT2D eigenvalue weighted by molar-refractivity contribution is 0.0500. The molecule has 344 valence electrons. The van der Waals surface area contributed by atoms with Crippen LogP contribution in [-0.4, -0.2) is 45.5 Å². The molecule has 6 nitrogen and oxygen atoms in total. The second kappa shape index (κ2) is 22.6. The van der Waals surface area contributed by atoms with E-state index in [0.29, 0.717) is 50.9 Å². The number of benzene rings is 5. The SMILES string of the molecule is CCCCCCCC(CCCCCCC)N1C(=O)c2c(Br)cc3c4cc(Br)c5c6c(c(Br)cc(c7cc(Br)c(c2c37)C1=O)c64)C(=O)N(C(CCCCCCC)CCCCCCC)C5=O. The van der Waals surface area contributed by atoms with Crippen LogP contribution in [0.5, 0.6) is 0 Å². The van der Waals surface area contributed by atoms with Crippen LogP contribution in [0.3, 0.4) is 0 Å². The Morgan fingerprint density at radius 1 is 0.344 bits per heavy atom. The van der Waals surface area contributed by atoms with E-state index in [1.54, 1.807) is 9.80 Å². The molecule has 0 radical (unpaired) electrons. The van der Waals surface area contributed by atoms with Gasteiger partial charge >= 0.3 is 0 Å². The second-order valence-corrected chi connectivity index (χ2v) is 22.1. The summed E-state index contributed by atoms with van der Waals surface area (Å²) in [5.74, 6) is -0.974. The molecule has 0 aliphatic carbocycles. The first-order chi connectivity index (χ1) is 31.0. The van der Waals surface area contributed by atoms with Crippen molar-refractivity contribution in [3.63, 3.8) is 0 Å². The van der Waals surface area contributed by atoms with Crippen molar-refractivity contribution in [2.24, 2.45) is 0 Å². The molecule has 0 N–H and O–H groups in total. The molecule has 2 aliphatic heterocycles. The van der Waals surface area contributed by atoms with Crippen molar-refractivity contribution in [1.82, 2.24) is 9.80 Å². The van der Waals surface area contributed by atoms with Gasteiger partial charge in [-0.05, 0) is 146 Å². The third kappa shape index (κ3) is 9.65. The molecule has 0 spiro atoms. The highest BCUT2D eigenvalue weighted by Gasteiger charge is 2.43. The minimum atomic E-state index is -0.243. The number of hydrogen-bond donors (Lipinski definition) is 0. The molecular weight excluding hydrogens is 1060 g/mol. The van der Waals surface area contributed by atoms with Gasteiger partial charge in [-0.25, -0.2) is 0 Å². The third-order valence-corrected chi connectivity index (χ3v) is 16.7. The summed E-state index contributed by atoms with van der Waals surface area (Å²) in [4.78, 5) is 63.2. The fourth-order valence-corrected chi connectivity index (χ4v) is 13.3. The van der Waals surface area contributed by atoms with Gasteiger partial charge in [-0.15, -0.1) is 0 Å². The fraction of sp³-hybridized carbons (Fsp3) is 0.556. The largest absolute Gasteiger partial charge is 0.271 e. The molecule has 7 rings (SSSR count). The van der Waals surface area contributed by atoms with Crippen molar-refractivity contribution in [3.8, 4) is 0 Å². The summed E-state index contributed by atoms with van der Waals surface area (Å²) in [6, 6.07) is 7.73. The Labute approximate surface area is 414 Å². The molecular formula is C54H66Br4N2O4. The van der Waals surface area contributed by atoms with Crippen LogP contribution in [0.2, 0.25) is 0 Å². The highest BCUT2D eigenvalue weighted by molar-refractivity contribution is 9.11. The zero-order chi connectivity index (χ0) is 45.7. The van der Waals surface area contributed by atoms with Crippen molar-refractivity contribution in [2.75, 3.05) is 0 Å². The van der Waals surface area contributed by atoms with Gasteiger partial charge < -0.3 is 0 Å². The van der Waals surface area contributed by atoms with Crippen molar-refractivity contribution < 1.29 is 19.2 Å². The molecule has 0 unspecified atom stereocenters. The molecule has 0 saturated carbocycles. The summed E-state index contributed by atoms with van der Waals surface area (Å²) in [7, 11) is 0. The lowest BCUT2D eigenvalue weighted by Gasteiger charge is -2.36. The van der Waals surface area contributed by atoms with Crippen LogP contribution < -0.4 is 0 Å². The van der Waals surface area contributed by atoms with E-state index >= 15 is 19.2 Å². The van der Waals surface area contributed by atoms with Crippen LogP contribution in [0.4, 0.5) is 0 Å². The minimum absolute atomic E-state index is 0.183. The standard InChI is InChI=1S/C54H66Br4N2O4/c1-5-9-13-17-21-25-33(26-22-18-14-10-6-2)59-51(61)45-39(55)29-35-37-31-41(57)47-50-44(37)38(36-30-40(56)46(52(59)62)49(45)43(35)36)32-42(58)48(50)54(64)60(53(47)63)34(27-23-19-15-11-7-3)28-24-20-16-12-8-4/h29-34H,5-28H2,1-4H3. The number of amides is 4. The van der Waals surface area contributed by atoms with Crippen molar-refractivity contribution in [3.05, 3.63) is 64.4 Å². The van der Waals surface area contributed by atoms with Gasteiger partial charge in [-0.2, -0.15) is 0 Å². The summed E-state index contributed by atoms with van der Waals surface area (Å²) < 4.78 is 2.53. The van der Waals surface area contributed by atoms with Crippen LogP contribution in [0, 0.1) is 0 Å². The van der Waals surface area contributed by atoms with E-state index in [4.69, 9.17) is 0 Å². The fourth-order valence-electron chi connectivity index (χ4n) is 10.9. The Bertz CT molecular complexity index is 2200. The van der Waals surface area contributed by atoms with Gasteiger partial charge in [0.2, 0.25) is 0 Å². The highest BCUT2D eigenvalue weighted by Crippen LogP contribution is 2.52. The van der Waals surface area contributed by atoms with E-state index in [0.717, 1.165) is 135 Å². The van der Waals surface area contributed by atoms with Crippen molar-refractivity contribution >= 4 is 130 Å². The van der Waals surface area contributed by atoms with Crippen LogP contribution in [-0.2, 0) is 0 Å². The molecule has 5 aromatic carbocycles.